The Labute approximate surface area is 263 Å². The maximum absolute atomic E-state index is 14.0. The number of thiazole rings is 1. The molecule has 0 spiro atoms. The molecule has 11 nitrogen and oxygen atoms in total. The fraction of sp³-hybridized carbons (Fsp3) is 0.464. The van der Waals surface area contributed by atoms with Crippen LogP contribution >= 0.6 is 22.9 Å². The van der Waals surface area contributed by atoms with Gasteiger partial charge in [0.05, 0.1) is 50.5 Å². The summed E-state index contributed by atoms with van der Waals surface area (Å²) in [7, 11) is 1.17. The highest BCUT2D eigenvalue weighted by molar-refractivity contribution is 7.11. The van der Waals surface area contributed by atoms with Crippen molar-refractivity contribution in [2.75, 3.05) is 33.5 Å². The van der Waals surface area contributed by atoms with E-state index in [1.54, 1.807) is 23.4 Å². The number of amides is 1. The van der Waals surface area contributed by atoms with Crippen LogP contribution in [0.3, 0.4) is 0 Å². The van der Waals surface area contributed by atoms with E-state index in [2.05, 4.69) is 20.6 Å². The fourth-order valence-electron chi connectivity index (χ4n) is 6.00. The maximum Gasteiger partial charge on any atom is 0.471 e. The number of carbonyl (C=O) groups excluding carboxylic acids is 3. The number of halogens is 5. The van der Waals surface area contributed by atoms with E-state index in [1.807, 2.05) is 0 Å². The summed E-state index contributed by atoms with van der Waals surface area (Å²) >= 11 is 7.68. The van der Waals surface area contributed by atoms with E-state index in [0.29, 0.717) is 10.6 Å². The molecule has 1 aromatic heterocycles. The van der Waals surface area contributed by atoms with Crippen LogP contribution in [0.4, 0.5) is 17.6 Å². The molecule has 1 amide bonds. The average Bonchev–Trinajstić information content (AvgIpc) is 3.56. The number of aromatic nitrogens is 1. The van der Waals surface area contributed by atoms with E-state index < -0.39 is 59.9 Å². The Kier molecular flexibility index (Phi) is 9.49. The van der Waals surface area contributed by atoms with E-state index in [9.17, 15) is 31.9 Å². The van der Waals surface area contributed by atoms with E-state index in [4.69, 9.17) is 25.8 Å². The molecule has 2 bridgehead atoms. The highest BCUT2D eigenvalue weighted by Crippen LogP contribution is 2.43. The van der Waals surface area contributed by atoms with Gasteiger partial charge >= 0.3 is 24.0 Å². The summed E-state index contributed by atoms with van der Waals surface area (Å²) in [5.74, 6) is -4.11. The lowest BCUT2D eigenvalue weighted by atomic mass is 9.86. The van der Waals surface area contributed by atoms with Crippen molar-refractivity contribution < 1.29 is 46.2 Å². The first kappa shape index (κ1) is 32.8. The number of carbonyl (C=O) groups is 3. The molecule has 3 unspecified atom stereocenters. The van der Waals surface area contributed by atoms with E-state index in [-0.39, 0.29) is 54.9 Å². The van der Waals surface area contributed by atoms with Crippen molar-refractivity contribution in [2.24, 2.45) is 4.99 Å². The number of nitrogens with one attached hydrogen (secondary N) is 2. The Morgan fingerprint density at radius 1 is 1.29 bits per heavy atom. The van der Waals surface area contributed by atoms with Crippen LogP contribution in [0.2, 0.25) is 5.02 Å². The van der Waals surface area contributed by atoms with Crippen molar-refractivity contribution in [2.45, 2.75) is 49.6 Å². The van der Waals surface area contributed by atoms with Gasteiger partial charge in [-0.1, -0.05) is 17.7 Å². The molecule has 242 valence electrons. The van der Waals surface area contributed by atoms with Crippen LogP contribution in [0.25, 0.3) is 0 Å². The molecule has 1 aromatic carbocycles. The second-order valence-corrected chi connectivity index (χ2v) is 11.9. The van der Waals surface area contributed by atoms with Crippen LogP contribution in [0, 0.1) is 5.82 Å². The minimum Gasteiger partial charge on any atom is -0.466 e. The number of rotatable bonds is 9. The molecule has 0 saturated carbocycles. The van der Waals surface area contributed by atoms with Crippen LogP contribution < -0.4 is 10.6 Å². The third kappa shape index (κ3) is 6.68. The van der Waals surface area contributed by atoms with Crippen LogP contribution in [-0.4, -0.2) is 90.8 Å². The molecule has 17 heteroatoms. The largest absolute Gasteiger partial charge is 0.471 e. The fourth-order valence-corrected chi connectivity index (χ4v) is 6.85. The lowest BCUT2D eigenvalue weighted by molar-refractivity contribution is -0.177. The molecule has 45 heavy (non-hydrogen) atoms. The molecule has 3 aliphatic heterocycles. The Morgan fingerprint density at radius 3 is 2.71 bits per heavy atom. The van der Waals surface area contributed by atoms with Crippen molar-refractivity contribution in [1.82, 2.24) is 20.5 Å². The van der Waals surface area contributed by atoms with Crippen molar-refractivity contribution in [3.05, 3.63) is 62.5 Å². The van der Waals surface area contributed by atoms with Gasteiger partial charge in [0.1, 0.15) is 11.9 Å². The van der Waals surface area contributed by atoms with Gasteiger partial charge in [0.15, 0.2) is 10.8 Å². The van der Waals surface area contributed by atoms with Gasteiger partial charge < -0.3 is 24.8 Å². The van der Waals surface area contributed by atoms with Crippen molar-refractivity contribution >= 4 is 46.6 Å². The predicted molar refractivity (Wildman–Crippen MR) is 153 cm³/mol. The SMILES string of the molecule is CCOC(=O)CC1(NC(=O)C(F)(F)F)CC2COCC1N2CC1=C(C(=O)OC)[C@H](c2ccc(F)cc2Cl)N=C(c2nccs2)N1. The van der Waals surface area contributed by atoms with Crippen LogP contribution in [-0.2, 0) is 28.6 Å². The van der Waals surface area contributed by atoms with Crippen LogP contribution in [0.1, 0.15) is 36.4 Å². The monoisotopic (exact) mass is 673 g/mol. The number of alkyl halides is 3. The Bertz CT molecular complexity index is 1540. The highest BCUT2D eigenvalue weighted by atomic mass is 35.5. The van der Waals surface area contributed by atoms with Crippen molar-refractivity contribution in [1.29, 1.82) is 0 Å². The molecular weight excluding hydrogens is 646 g/mol. The Balaban J connectivity index is 1.59. The molecule has 4 heterocycles. The first-order valence-corrected chi connectivity index (χ1v) is 15.0. The summed E-state index contributed by atoms with van der Waals surface area (Å²) in [6, 6.07) is 1.07. The molecule has 2 fully saturated rings. The van der Waals surface area contributed by atoms with Gasteiger partial charge in [0.2, 0.25) is 0 Å². The van der Waals surface area contributed by atoms with Gasteiger partial charge in [-0.3, -0.25) is 19.5 Å². The average molecular weight is 674 g/mol. The number of aliphatic imine (C=N–C) groups is 1. The molecule has 2 aromatic rings. The zero-order chi connectivity index (χ0) is 32.5. The molecule has 0 radical (unpaired) electrons. The van der Waals surface area contributed by atoms with Gasteiger partial charge in [-0.05, 0) is 25.5 Å². The molecular formula is C28H28ClF4N5O6S. The molecule has 3 aliphatic rings. The number of benzene rings is 1. The predicted octanol–water partition coefficient (Wildman–Crippen LogP) is 3.30. The highest BCUT2D eigenvalue weighted by Gasteiger charge is 2.58. The van der Waals surface area contributed by atoms with Crippen molar-refractivity contribution in [3.8, 4) is 0 Å². The molecule has 4 atom stereocenters. The van der Waals surface area contributed by atoms with Gasteiger partial charge in [0, 0.05) is 40.4 Å². The second kappa shape index (κ2) is 13.0. The van der Waals surface area contributed by atoms with Crippen LogP contribution in [0.5, 0.6) is 0 Å². The molecule has 2 saturated heterocycles. The normalized spacial score (nSPS) is 25.0. The number of morpholine rings is 1. The first-order valence-electron chi connectivity index (χ1n) is 13.8. The van der Waals surface area contributed by atoms with Crippen LogP contribution in [0.15, 0.2) is 46.0 Å². The zero-order valence-electron chi connectivity index (χ0n) is 24.0. The third-order valence-corrected chi connectivity index (χ3v) is 8.95. The number of fused-ring (bicyclic) bond motifs is 2. The minimum atomic E-state index is -5.21. The number of hydrogen-bond acceptors (Lipinski definition) is 11. The summed E-state index contributed by atoms with van der Waals surface area (Å²) in [6.45, 7) is 1.40. The van der Waals surface area contributed by atoms with E-state index in [1.165, 1.54) is 30.6 Å². The van der Waals surface area contributed by atoms with Gasteiger partial charge in [-0.15, -0.1) is 11.3 Å². The summed E-state index contributed by atoms with van der Waals surface area (Å²) in [6.07, 6.45) is -4.27. The Hall–Kier alpha value is -3.60. The smallest absolute Gasteiger partial charge is 0.466 e. The summed E-state index contributed by atoms with van der Waals surface area (Å²) in [5, 5.41) is 7.40. The number of nitrogens with zero attached hydrogens (tertiary/aromatic N) is 3. The second-order valence-electron chi connectivity index (χ2n) is 10.6. The first-order chi connectivity index (χ1) is 21.4. The van der Waals surface area contributed by atoms with Gasteiger partial charge in [0.25, 0.3) is 0 Å². The molecule has 2 N–H and O–H groups in total. The van der Waals surface area contributed by atoms with E-state index in [0.717, 1.165) is 6.07 Å². The lowest BCUT2D eigenvalue weighted by Gasteiger charge is -2.41. The maximum atomic E-state index is 14.0. The zero-order valence-corrected chi connectivity index (χ0v) is 25.5. The third-order valence-electron chi connectivity index (χ3n) is 7.84. The molecule has 5 rings (SSSR count). The lowest BCUT2D eigenvalue weighted by Crippen LogP contribution is -2.62. The van der Waals surface area contributed by atoms with E-state index >= 15 is 0 Å². The topological polar surface area (TPSA) is 131 Å². The number of methoxy groups -OCH3 is 1. The Morgan fingerprint density at radius 2 is 2.07 bits per heavy atom. The number of ether oxygens (including phenoxy) is 3. The number of amidine groups is 1. The van der Waals surface area contributed by atoms with Gasteiger partial charge in [-0.25, -0.2) is 14.2 Å². The number of hydrogen-bond donors (Lipinski definition) is 2. The quantitative estimate of drug-likeness (QED) is 0.304. The standard InChI is InChI=1S/C28H28ClF4N5O6S/c1-3-44-20(39)10-27(37-26(41)28(31,32)33)9-15-12-43-13-19(27)38(15)11-18-21(25(40)42-2)22(16-5-4-14(30)8-17(16)29)36-23(35-18)24-34-6-7-45-24/h4-8,15,19,22H,3,9-13H2,1-2H3,(H,35,36)(H,37,41)/t15?,19?,22-,27?/m0/s1. The minimum absolute atomic E-state index is 0.000324. The summed E-state index contributed by atoms with van der Waals surface area (Å²) in [5.41, 5.74) is -1.12. The summed E-state index contributed by atoms with van der Waals surface area (Å²) in [4.78, 5) is 49.1. The van der Waals surface area contributed by atoms with Gasteiger partial charge in [-0.2, -0.15) is 13.2 Å². The number of esters is 2. The van der Waals surface area contributed by atoms with Crippen molar-refractivity contribution in [3.63, 3.8) is 0 Å². The molecule has 0 aliphatic carbocycles. The summed E-state index contributed by atoms with van der Waals surface area (Å²) < 4.78 is 70.3.